The zero-order chi connectivity index (χ0) is 18.8. The summed E-state index contributed by atoms with van der Waals surface area (Å²) < 4.78 is 0. The molecule has 27 heavy (non-hydrogen) atoms. The van der Waals surface area contributed by atoms with E-state index in [0.29, 0.717) is 22.8 Å². The van der Waals surface area contributed by atoms with E-state index >= 15 is 0 Å². The van der Waals surface area contributed by atoms with Gasteiger partial charge in [0.1, 0.15) is 6.07 Å². The molecule has 3 aromatic rings. The number of pyridine rings is 1. The molecule has 0 fully saturated rings. The van der Waals surface area contributed by atoms with Gasteiger partial charge in [0.05, 0.1) is 29.1 Å². The maximum Gasteiger partial charge on any atom is 0.260 e. The molecule has 4 nitrogen and oxygen atoms in total. The van der Waals surface area contributed by atoms with Crippen LogP contribution in [-0.2, 0) is 11.3 Å². The van der Waals surface area contributed by atoms with Crippen LogP contribution in [0.15, 0.2) is 72.9 Å². The van der Waals surface area contributed by atoms with Gasteiger partial charge < -0.3 is 4.90 Å². The molecule has 1 aliphatic rings. The number of halogens is 1. The average molecular weight is 372 g/mol. The van der Waals surface area contributed by atoms with E-state index in [1.54, 1.807) is 41.4 Å². The molecule has 0 saturated heterocycles. The first kappa shape index (κ1) is 17.0. The Morgan fingerprint density at radius 3 is 2.48 bits per heavy atom. The lowest BCUT2D eigenvalue weighted by atomic mass is 9.99. The van der Waals surface area contributed by atoms with E-state index < -0.39 is 0 Å². The highest BCUT2D eigenvalue weighted by Crippen LogP contribution is 2.41. The van der Waals surface area contributed by atoms with Crippen molar-refractivity contribution in [3.05, 3.63) is 94.8 Å². The molecule has 5 heteroatoms. The summed E-state index contributed by atoms with van der Waals surface area (Å²) in [6.07, 6.45) is 1.62. The van der Waals surface area contributed by atoms with Gasteiger partial charge in [0, 0.05) is 16.8 Å². The first-order valence-corrected chi connectivity index (χ1v) is 8.78. The fourth-order valence-corrected chi connectivity index (χ4v) is 3.33. The molecule has 0 unspecified atom stereocenters. The van der Waals surface area contributed by atoms with Crippen molar-refractivity contribution in [3.8, 4) is 6.07 Å². The molecule has 0 bridgehead atoms. The summed E-state index contributed by atoms with van der Waals surface area (Å²) in [5.74, 6) is -0.201. The van der Waals surface area contributed by atoms with Gasteiger partial charge in [0.2, 0.25) is 0 Å². The summed E-state index contributed by atoms with van der Waals surface area (Å²) in [5, 5.41) is 10.4. The predicted octanol–water partition coefficient (Wildman–Crippen LogP) is 4.72. The van der Waals surface area contributed by atoms with Crippen molar-refractivity contribution in [1.29, 1.82) is 5.26 Å². The van der Waals surface area contributed by atoms with Crippen LogP contribution in [0.3, 0.4) is 0 Å². The summed E-state index contributed by atoms with van der Waals surface area (Å²) in [7, 11) is 0. The van der Waals surface area contributed by atoms with Gasteiger partial charge in [-0.3, -0.25) is 9.78 Å². The SMILES string of the molecule is N#C/C(=C1/C(=O)N(Cc2ccc(Cl)cc2)c2ccccc21)c1ccccn1. The van der Waals surface area contributed by atoms with Crippen LogP contribution in [0.5, 0.6) is 0 Å². The van der Waals surface area contributed by atoms with E-state index in [0.717, 1.165) is 16.8 Å². The molecule has 0 N–H and O–H groups in total. The molecule has 0 radical (unpaired) electrons. The lowest BCUT2D eigenvalue weighted by molar-refractivity contribution is -0.113. The van der Waals surface area contributed by atoms with Gasteiger partial charge in [-0.1, -0.05) is 48.0 Å². The van der Waals surface area contributed by atoms with Crippen LogP contribution in [0.2, 0.25) is 5.02 Å². The number of hydrogen-bond acceptors (Lipinski definition) is 3. The van der Waals surface area contributed by atoms with Gasteiger partial charge in [0.25, 0.3) is 5.91 Å². The Labute approximate surface area is 162 Å². The zero-order valence-corrected chi connectivity index (χ0v) is 15.0. The van der Waals surface area contributed by atoms with Crippen molar-refractivity contribution >= 4 is 34.3 Å². The van der Waals surface area contributed by atoms with Gasteiger partial charge in [-0.25, -0.2) is 0 Å². The van der Waals surface area contributed by atoms with Crippen LogP contribution < -0.4 is 4.90 Å². The van der Waals surface area contributed by atoms with Crippen LogP contribution in [0.4, 0.5) is 5.69 Å². The highest BCUT2D eigenvalue weighted by molar-refractivity contribution is 6.38. The Morgan fingerprint density at radius 1 is 1.04 bits per heavy atom. The number of nitrogens with zero attached hydrogens (tertiary/aromatic N) is 3. The summed E-state index contributed by atoms with van der Waals surface area (Å²) in [5.41, 5.74) is 3.66. The molecule has 0 atom stereocenters. The number of nitriles is 1. The van der Waals surface area contributed by atoms with E-state index in [1.807, 2.05) is 36.4 Å². The number of amides is 1. The predicted molar refractivity (Wildman–Crippen MR) is 106 cm³/mol. The molecule has 1 aromatic heterocycles. The third kappa shape index (κ3) is 3.10. The summed E-state index contributed by atoms with van der Waals surface area (Å²) in [6, 6.07) is 22.4. The van der Waals surface area contributed by atoms with E-state index in [1.165, 1.54) is 0 Å². The first-order valence-electron chi connectivity index (χ1n) is 8.40. The normalized spacial score (nSPS) is 14.7. The molecule has 2 aromatic carbocycles. The lowest BCUT2D eigenvalue weighted by Crippen LogP contribution is -2.26. The average Bonchev–Trinajstić information content (AvgIpc) is 2.98. The standard InChI is InChI=1S/C22H14ClN3O/c23-16-10-8-15(9-11-16)14-26-20-7-2-1-5-17(20)21(22(26)27)18(13-24)19-6-3-4-12-25-19/h1-12H,14H2/b21-18-. The largest absolute Gasteiger partial charge is 0.303 e. The van der Waals surface area contributed by atoms with Crippen LogP contribution in [0, 0.1) is 11.3 Å². The van der Waals surface area contributed by atoms with Crippen molar-refractivity contribution in [3.63, 3.8) is 0 Å². The molecule has 1 aliphatic heterocycles. The van der Waals surface area contributed by atoms with Gasteiger partial charge in [0.15, 0.2) is 0 Å². The first-order chi connectivity index (χ1) is 13.2. The summed E-state index contributed by atoms with van der Waals surface area (Å²) in [4.78, 5) is 19.2. The fourth-order valence-electron chi connectivity index (χ4n) is 3.20. The molecule has 4 rings (SSSR count). The second kappa shape index (κ2) is 7.06. The Bertz CT molecular complexity index is 1080. The number of carbonyl (C=O) groups is 1. The van der Waals surface area contributed by atoms with Crippen LogP contribution in [0.25, 0.3) is 11.1 Å². The van der Waals surface area contributed by atoms with Crippen LogP contribution in [0.1, 0.15) is 16.8 Å². The van der Waals surface area contributed by atoms with Crippen molar-refractivity contribution < 1.29 is 4.79 Å². The number of anilines is 1. The molecule has 130 valence electrons. The quantitative estimate of drug-likeness (QED) is 0.494. The maximum absolute atomic E-state index is 13.3. The number of allylic oxidation sites excluding steroid dienone is 1. The number of hydrogen-bond donors (Lipinski definition) is 0. The van der Waals surface area contributed by atoms with Gasteiger partial charge in [-0.15, -0.1) is 0 Å². The van der Waals surface area contributed by atoms with E-state index in [2.05, 4.69) is 11.1 Å². The fraction of sp³-hybridized carbons (Fsp3) is 0.0455. The van der Waals surface area contributed by atoms with Crippen LogP contribution >= 0.6 is 11.6 Å². The topological polar surface area (TPSA) is 57.0 Å². The molecular weight excluding hydrogens is 358 g/mol. The highest BCUT2D eigenvalue weighted by Gasteiger charge is 2.35. The minimum absolute atomic E-state index is 0.201. The summed E-state index contributed by atoms with van der Waals surface area (Å²) >= 11 is 5.96. The number of benzene rings is 2. The minimum atomic E-state index is -0.201. The van der Waals surface area contributed by atoms with Crippen molar-refractivity contribution in [2.24, 2.45) is 0 Å². The number of rotatable bonds is 3. The smallest absolute Gasteiger partial charge is 0.260 e. The van der Waals surface area contributed by atoms with Crippen LogP contribution in [-0.4, -0.2) is 10.9 Å². The van der Waals surface area contributed by atoms with Gasteiger partial charge in [-0.05, 0) is 35.9 Å². The molecular formula is C22H14ClN3O. The molecule has 1 amide bonds. The Balaban J connectivity index is 1.84. The third-order valence-electron chi connectivity index (χ3n) is 4.46. The van der Waals surface area contributed by atoms with Crippen molar-refractivity contribution in [2.45, 2.75) is 6.54 Å². The second-order valence-corrected chi connectivity index (χ2v) is 6.55. The Kier molecular flexibility index (Phi) is 4.45. The second-order valence-electron chi connectivity index (χ2n) is 6.11. The lowest BCUT2D eigenvalue weighted by Gasteiger charge is -2.17. The third-order valence-corrected chi connectivity index (χ3v) is 4.71. The number of aromatic nitrogens is 1. The number of fused-ring (bicyclic) bond motifs is 1. The monoisotopic (exact) mass is 371 g/mol. The zero-order valence-electron chi connectivity index (χ0n) is 14.3. The van der Waals surface area contributed by atoms with Gasteiger partial charge >= 0.3 is 0 Å². The van der Waals surface area contributed by atoms with Crippen molar-refractivity contribution in [2.75, 3.05) is 4.90 Å². The number of carbonyl (C=O) groups excluding carboxylic acids is 1. The maximum atomic E-state index is 13.3. The Hall–Kier alpha value is -3.42. The Morgan fingerprint density at radius 2 is 1.78 bits per heavy atom. The summed E-state index contributed by atoms with van der Waals surface area (Å²) in [6.45, 7) is 0.400. The molecule has 0 aliphatic carbocycles. The van der Waals surface area contributed by atoms with E-state index in [9.17, 15) is 10.1 Å². The van der Waals surface area contributed by atoms with E-state index in [-0.39, 0.29) is 11.5 Å². The van der Waals surface area contributed by atoms with Crippen molar-refractivity contribution in [1.82, 2.24) is 4.98 Å². The highest BCUT2D eigenvalue weighted by atomic mass is 35.5. The molecule has 2 heterocycles. The molecule has 0 saturated carbocycles. The van der Waals surface area contributed by atoms with E-state index in [4.69, 9.17) is 11.6 Å². The van der Waals surface area contributed by atoms with Gasteiger partial charge in [-0.2, -0.15) is 5.26 Å². The minimum Gasteiger partial charge on any atom is -0.303 e. The number of para-hydroxylation sites is 1. The molecule has 0 spiro atoms.